The highest BCUT2D eigenvalue weighted by atomic mass is 35.5. The van der Waals surface area contributed by atoms with Crippen LogP contribution in [0.4, 0.5) is 0 Å². The summed E-state index contributed by atoms with van der Waals surface area (Å²) in [6.07, 6.45) is 2.24. The minimum Gasteiger partial charge on any atom is -0.489 e. The number of para-hydroxylation sites is 1. The highest BCUT2D eigenvalue weighted by Gasteiger charge is 2.14. The molecule has 0 aliphatic rings. The van der Waals surface area contributed by atoms with E-state index < -0.39 is 0 Å². The Labute approximate surface area is 123 Å². The van der Waals surface area contributed by atoms with Gasteiger partial charge < -0.3 is 9.30 Å². The van der Waals surface area contributed by atoms with E-state index in [2.05, 4.69) is 21.9 Å². The monoisotopic (exact) mass is 298 g/mol. The van der Waals surface area contributed by atoms with Crippen molar-refractivity contribution in [1.82, 2.24) is 9.55 Å². The second-order valence-corrected chi connectivity index (χ2v) is 5.85. The first kappa shape index (κ1) is 14.5. The van der Waals surface area contributed by atoms with Gasteiger partial charge >= 0.3 is 0 Å². The summed E-state index contributed by atoms with van der Waals surface area (Å²) in [4.78, 5) is 4.63. The lowest BCUT2D eigenvalue weighted by molar-refractivity contribution is 0.245. The van der Waals surface area contributed by atoms with Crippen LogP contribution in [0.5, 0.6) is 5.75 Å². The van der Waals surface area contributed by atoms with Gasteiger partial charge in [0.15, 0.2) is 0 Å². The molecule has 2 rings (SSSR count). The first-order valence-corrected chi connectivity index (χ1v) is 8.30. The molecule has 0 atom stereocenters. The van der Waals surface area contributed by atoms with Crippen molar-refractivity contribution in [2.75, 3.05) is 12.0 Å². The standard InChI is InChI=1S/C14H19ClN2OS/c1-10(2)18-12-6-4-5-11-14(12)16-13(9-15)17(11)7-8-19-3/h4-6,10H,7-9H2,1-3H3. The number of alkyl halides is 1. The third kappa shape index (κ3) is 3.18. The van der Waals surface area contributed by atoms with Crippen LogP contribution in [0, 0.1) is 0 Å². The Hall–Kier alpha value is -0.870. The predicted octanol–water partition coefficient (Wildman–Crippen LogP) is 3.93. The van der Waals surface area contributed by atoms with Gasteiger partial charge in [0.2, 0.25) is 0 Å². The first-order valence-electron chi connectivity index (χ1n) is 6.37. The number of rotatable bonds is 6. The number of hydrogen-bond acceptors (Lipinski definition) is 3. The molecule has 0 N–H and O–H groups in total. The van der Waals surface area contributed by atoms with Gasteiger partial charge in [0.25, 0.3) is 0 Å². The molecule has 0 bridgehead atoms. The molecule has 2 aromatic rings. The zero-order valence-electron chi connectivity index (χ0n) is 11.5. The number of ether oxygens (including phenoxy) is 1. The molecule has 19 heavy (non-hydrogen) atoms. The summed E-state index contributed by atoms with van der Waals surface area (Å²) in [6, 6.07) is 6.05. The lowest BCUT2D eigenvalue weighted by Gasteiger charge is -2.10. The van der Waals surface area contributed by atoms with E-state index >= 15 is 0 Å². The van der Waals surface area contributed by atoms with Crippen molar-refractivity contribution in [2.45, 2.75) is 32.4 Å². The molecular formula is C14H19ClN2OS. The average Bonchev–Trinajstić information content (AvgIpc) is 2.74. The van der Waals surface area contributed by atoms with E-state index in [-0.39, 0.29) is 6.10 Å². The number of fused-ring (bicyclic) bond motifs is 1. The molecule has 0 radical (unpaired) electrons. The van der Waals surface area contributed by atoms with E-state index in [0.717, 1.165) is 34.9 Å². The summed E-state index contributed by atoms with van der Waals surface area (Å²) in [6.45, 7) is 4.96. The van der Waals surface area contributed by atoms with Crippen LogP contribution in [-0.2, 0) is 12.4 Å². The van der Waals surface area contributed by atoms with E-state index in [1.165, 1.54) is 0 Å². The Bertz CT molecular complexity index is 554. The molecule has 0 saturated heterocycles. The highest BCUT2D eigenvalue weighted by molar-refractivity contribution is 7.98. The SMILES string of the molecule is CSCCn1c(CCl)nc2c(OC(C)C)cccc21. The molecule has 0 amide bonds. The van der Waals surface area contributed by atoms with Crippen LogP contribution in [0.15, 0.2) is 18.2 Å². The maximum atomic E-state index is 6.01. The second kappa shape index (κ2) is 6.53. The molecule has 0 aliphatic heterocycles. The largest absolute Gasteiger partial charge is 0.489 e. The summed E-state index contributed by atoms with van der Waals surface area (Å²) < 4.78 is 8.01. The molecule has 3 nitrogen and oxygen atoms in total. The Kier molecular flexibility index (Phi) is 4.99. The minimum absolute atomic E-state index is 0.140. The molecule has 104 valence electrons. The quantitative estimate of drug-likeness (QED) is 0.756. The number of halogens is 1. The van der Waals surface area contributed by atoms with Crippen LogP contribution >= 0.6 is 23.4 Å². The summed E-state index contributed by atoms with van der Waals surface area (Å²) in [5.41, 5.74) is 2.01. The number of aromatic nitrogens is 2. The maximum Gasteiger partial charge on any atom is 0.147 e. The number of nitrogens with zero attached hydrogens (tertiary/aromatic N) is 2. The van der Waals surface area contributed by atoms with Gasteiger partial charge in [-0.3, -0.25) is 0 Å². The van der Waals surface area contributed by atoms with Crippen molar-refractivity contribution in [3.63, 3.8) is 0 Å². The van der Waals surface area contributed by atoms with E-state index in [1.807, 2.05) is 37.7 Å². The Balaban J connectivity index is 2.49. The van der Waals surface area contributed by atoms with Crippen LogP contribution in [0.25, 0.3) is 11.0 Å². The van der Waals surface area contributed by atoms with Gasteiger partial charge in [-0.1, -0.05) is 6.07 Å². The number of benzene rings is 1. The van der Waals surface area contributed by atoms with Crippen molar-refractivity contribution < 1.29 is 4.74 Å². The third-order valence-electron chi connectivity index (χ3n) is 2.82. The van der Waals surface area contributed by atoms with Gasteiger partial charge in [-0.05, 0) is 32.2 Å². The van der Waals surface area contributed by atoms with Crippen LogP contribution in [-0.4, -0.2) is 27.7 Å². The predicted molar refractivity (Wildman–Crippen MR) is 83.4 cm³/mol. The van der Waals surface area contributed by atoms with Crippen molar-refractivity contribution in [3.8, 4) is 5.75 Å². The molecule has 0 aliphatic carbocycles. The number of imidazole rings is 1. The highest BCUT2D eigenvalue weighted by Crippen LogP contribution is 2.27. The van der Waals surface area contributed by atoms with Gasteiger partial charge in [0.05, 0.1) is 17.5 Å². The smallest absolute Gasteiger partial charge is 0.147 e. The zero-order valence-corrected chi connectivity index (χ0v) is 13.1. The van der Waals surface area contributed by atoms with Crippen molar-refractivity contribution >= 4 is 34.4 Å². The maximum absolute atomic E-state index is 6.01. The van der Waals surface area contributed by atoms with Gasteiger partial charge in [0, 0.05) is 12.3 Å². The number of thioether (sulfide) groups is 1. The van der Waals surface area contributed by atoms with Gasteiger partial charge in [0.1, 0.15) is 17.1 Å². The van der Waals surface area contributed by atoms with E-state index in [9.17, 15) is 0 Å². The topological polar surface area (TPSA) is 27.1 Å². The molecule has 0 saturated carbocycles. The fourth-order valence-electron chi connectivity index (χ4n) is 2.05. The first-order chi connectivity index (χ1) is 9.17. The van der Waals surface area contributed by atoms with E-state index in [1.54, 1.807) is 0 Å². The summed E-state index contributed by atoms with van der Waals surface area (Å²) >= 11 is 7.83. The van der Waals surface area contributed by atoms with Gasteiger partial charge in [-0.25, -0.2) is 4.98 Å². The minimum atomic E-state index is 0.140. The fraction of sp³-hybridized carbons (Fsp3) is 0.500. The van der Waals surface area contributed by atoms with Crippen LogP contribution < -0.4 is 4.74 Å². The molecule has 0 unspecified atom stereocenters. The van der Waals surface area contributed by atoms with Crippen molar-refractivity contribution in [1.29, 1.82) is 0 Å². The Morgan fingerprint density at radius 2 is 2.21 bits per heavy atom. The van der Waals surface area contributed by atoms with Crippen LogP contribution in [0.2, 0.25) is 0 Å². The lowest BCUT2D eigenvalue weighted by Crippen LogP contribution is -2.06. The van der Waals surface area contributed by atoms with Crippen molar-refractivity contribution in [3.05, 3.63) is 24.0 Å². The second-order valence-electron chi connectivity index (χ2n) is 4.60. The summed E-state index contributed by atoms with van der Waals surface area (Å²) in [5.74, 6) is 3.21. The molecule has 1 heterocycles. The molecule has 5 heteroatoms. The number of aryl methyl sites for hydroxylation is 1. The van der Waals surface area contributed by atoms with Crippen LogP contribution in [0.1, 0.15) is 19.7 Å². The van der Waals surface area contributed by atoms with E-state index in [0.29, 0.717) is 5.88 Å². The molecule has 1 aromatic heterocycles. The van der Waals surface area contributed by atoms with Gasteiger partial charge in [-0.2, -0.15) is 11.8 Å². The Morgan fingerprint density at radius 1 is 1.42 bits per heavy atom. The third-order valence-corrected chi connectivity index (χ3v) is 3.65. The Morgan fingerprint density at radius 3 is 2.84 bits per heavy atom. The lowest BCUT2D eigenvalue weighted by atomic mass is 10.3. The van der Waals surface area contributed by atoms with Gasteiger partial charge in [-0.15, -0.1) is 11.6 Å². The molecular weight excluding hydrogens is 280 g/mol. The summed E-state index contributed by atoms with van der Waals surface area (Å²) in [7, 11) is 0. The molecule has 0 spiro atoms. The van der Waals surface area contributed by atoms with Crippen molar-refractivity contribution in [2.24, 2.45) is 0 Å². The number of hydrogen-bond donors (Lipinski definition) is 0. The summed E-state index contributed by atoms with van der Waals surface area (Å²) in [5, 5.41) is 0. The fourth-order valence-corrected chi connectivity index (χ4v) is 2.62. The molecule has 1 aromatic carbocycles. The molecule has 0 fully saturated rings. The normalized spacial score (nSPS) is 11.4. The average molecular weight is 299 g/mol. The van der Waals surface area contributed by atoms with Crippen LogP contribution in [0.3, 0.4) is 0 Å². The zero-order chi connectivity index (χ0) is 13.8. The van der Waals surface area contributed by atoms with E-state index in [4.69, 9.17) is 16.3 Å².